The standard InChI is InChI=1S/C13H16N2O/c1-14-9-10-15(11-14)13(16)8-7-12-5-3-2-4-6-12/h2-6,9-10H,7-8,11H2,1H3. The molecule has 2 rings (SSSR count). The fraction of sp³-hybridized carbons (Fsp3) is 0.308. The van der Waals surface area contributed by atoms with Gasteiger partial charge in [-0.1, -0.05) is 30.3 Å². The van der Waals surface area contributed by atoms with Crippen LogP contribution in [0.2, 0.25) is 0 Å². The van der Waals surface area contributed by atoms with E-state index in [0.29, 0.717) is 13.1 Å². The van der Waals surface area contributed by atoms with Gasteiger partial charge in [-0.15, -0.1) is 0 Å². The van der Waals surface area contributed by atoms with Gasteiger partial charge in [-0.05, 0) is 12.0 Å². The minimum Gasteiger partial charge on any atom is -0.361 e. The lowest BCUT2D eigenvalue weighted by Crippen LogP contribution is -2.28. The maximum atomic E-state index is 11.8. The van der Waals surface area contributed by atoms with E-state index >= 15 is 0 Å². The van der Waals surface area contributed by atoms with Crippen LogP contribution in [-0.4, -0.2) is 29.4 Å². The zero-order chi connectivity index (χ0) is 11.4. The summed E-state index contributed by atoms with van der Waals surface area (Å²) in [5, 5.41) is 0. The third-order valence-corrected chi connectivity index (χ3v) is 2.67. The quantitative estimate of drug-likeness (QED) is 0.769. The Hall–Kier alpha value is -1.77. The lowest BCUT2D eigenvalue weighted by Gasteiger charge is -2.16. The molecule has 84 valence electrons. The van der Waals surface area contributed by atoms with Crippen LogP contribution < -0.4 is 0 Å². The molecule has 1 aliphatic heterocycles. The zero-order valence-electron chi connectivity index (χ0n) is 9.47. The van der Waals surface area contributed by atoms with Gasteiger partial charge in [0.1, 0.15) is 0 Å². The Morgan fingerprint density at radius 2 is 2.00 bits per heavy atom. The van der Waals surface area contributed by atoms with Crippen LogP contribution in [0.25, 0.3) is 0 Å². The largest absolute Gasteiger partial charge is 0.361 e. The molecule has 0 unspecified atom stereocenters. The first-order chi connectivity index (χ1) is 7.75. The van der Waals surface area contributed by atoms with Crippen molar-refractivity contribution in [2.24, 2.45) is 0 Å². The van der Waals surface area contributed by atoms with Crippen molar-refractivity contribution in [3.63, 3.8) is 0 Å². The maximum Gasteiger partial charge on any atom is 0.228 e. The van der Waals surface area contributed by atoms with E-state index in [1.54, 1.807) is 4.90 Å². The second kappa shape index (κ2) is 4.84. The van der Waals surface area contributed by atoms with Gasteiger partial charge in [-0.3, -0.25) is 9.69 Å². The van der Waals surface area contributed by atoms with Crippen molar-refractivity contribution in [1.82, 2.24) is 9.80 Å². The molecular formula is C13H16N2O. The molecule has 0 N–H and O–H groups in total. The van der Waals surface area contributed by atoms with Crippen LogP contribution in [-0.2, 0) is 11.2 Å². The Morgan fingerprint density at radius 3 is 2.62 bits per heavy atom. The fourth-order valence-corrected chi connectivity index (χ4v) is 1.73. The van der Waals surface area contributed by atoms with Gasteiger partial charge in [0.25, 0.3) is 0 Å². The summed E-state index contributed by atoms with van der Waals surface area (Å²) in [6.45, 7) is 0.674. The number of hydrogen-bond acceptors (Lipinski definition) is 2. The summed E-state index contributed by atoms with van der Waals surface area (Å²) in [5.41, 5.74) is 1.22. The molecule has 16 heavy (non-hydrogen) atoms. The Balaban J connectivity index is 1.83. The molecule has 0 radical (unpaired) electrons. The minimum absolute atomic E-state index is 0.185. The smallest absolute Gasteiger partial charge is 0.228 e. The van der Waals surface area contributed by atoms with E-state index in [1.165, 1.54) is 5.56 Å². The summed E-state index contributed by atoms with van der Waals surface area (Å²) in [4.78, 5) is 15.6. The molecule has 0 spiro atoms. The van der Waals surface area contributed by atoms with Gasteiger partial charge >= 0.3 is 0 Å². The van der Waals surface area contributed by atoms with Crippen LogP contribution in [0, 0.1) is 0 Å². The Kier molecular flexibility index (Phi) is 3.25. The molecule has 0 saturated heterocycles. The van der Waals surface area contributed by atoms with Crippen LogP contribution in [0.5, 0.6) is 0 Å². The van der Waals surface area contributed by atoms with E-state index in [0.717, 1.165) is 6.42 Å². The third-order valence-electron chi connectivity index (χ3n) is 2.67. The molecule has 0 fully saturated rings. The molecular weight excluding hydrogens is 200 g/mol. The molecule has 0 atom stereocenters. The Labute approximate surface area is 96.0 Å². The highest BCUT2D eigenvalue weighted by atomic mass is 16.2. The number of hydrogen-bond donors (Lipinski definition) is 0. The van der Waals surface area contributed by atoms with E-state index in [1.807, 2.05) is 42.5 Å². The zero-order valence-corrected chi connectivity index (χ0v) is 9.47. The molecule has 1 aromatic rings. The van der Waals surface area contributed by atoms with E-state index in [4.69, 9.17) is 0 Å². The van der Waals surface area contributed by atoms with Crippen molar-refractivity contribution in [3.05, 3.63) is 48.3 Å². The number of benzene rings is 1. The summed E-state index contributed by atoms with van der Waals surface area (Å²) in [6, 6.07) is 10.1. The second-order valence-electron chi connectivity index (χ2n) is 4.05. The van der Waals surface area contributed by atoms with Gasteiger partial charge in [0, 0.05) is 25.9 Å². The number of nitrogens with zero attached hydrogens (tertiary/aromatic N) is 2. The first kappa shape index (κ1) is 10.7. The summed E-state index contributed by atoms with van der Waals surface area (Å²) in [5.74, 6) is 0.185. The molecule has 1 aliphatic rings. The van der Waals surface area contributed by atoms with Crippen molar-refractivity contribution < 1.29 is 4.79 Å². The highest BCUT2D eigenvalue weighted by Crippen LogP contribution is 2.09. The normalized spacial score (nSPS) is 14.6. The van der Waals surface area contributed by atoms with Crippen molar-refractivity contribution in [1.29, 1.82) is 0 Å². The number of amides is 1. The number of rotatable bonds is 3. The topological polar surface area (TPSA) is 23.6 Å². The molecule has 0 aliphatic carbocycles. The van der Waals surface area contributed by atoms with Gasteiger partial charge in [0.05, 0.1) is 6.67 Å². The Morgan fingerprint density at radius 1 is 1.25 bits per heavy atom. The van der Waals surface area contributed by atoms with Gasteiger partial charge in [-0.25, -0.2) is 0 Å². The van der Waals surface area contributed by atoms with Gasteiger partial charge in [0.15, 0.2) is 0 Å². The summed E-state index contributed by atoms with van der Waals surface area (Å²) in [7, 11) is 1.96. The van der Waals surface area contributed by atoms with Gasteiger partial charge in [-0.2, -0.15) is 0 Å². The molecule has 3 nitrogen and oxygen atoms in total. The maximum absolute atomic E-state index is 11.8. The van der Waals surface area contributed by atoms with Gasteiger partial charge in [0.2, 0.25) is 5.91 Å². The fourth-order valence-electron chi connectivity index (χ4n) is 1.73. The average Bonchev–Trinajstić information content (AvgIpc) is 2.74. The number of carbonyl (C=O) groups excluding carboxylic acids is 1. The Bertz CT molecular complexity index is 386. The highest BCUT2D eigenvalue weighted by molar-refractivity contribution is 5.77. The predicted molar refractivity (Wildman–Crippen MR) is 63.4 cm³/mol. The van der Waals surface area contributed by atoms with Crippen LogP contribution in [0.15, 0.2) is 42.7 Å². The molecule has 0 bridgehead atoms. The first-order valence-electron chi connectivity index (χ1n) is 5.47. The van der Waals surface area contributed by atoms with Crippen molar-refractivity contribution >= 4 is 5.91 Å². The van der Waals surface area contributed by atoms with Crippen LogP contribution >= 0.6 is 0 Å². The van der Waals surface area contributed by atoms with Crippen molar-refractivity contribution in [2.75, 3.05) is 13.7 Å². The van der Waals surface area contributed by atoms with Crippen molar-refractivity contribution in [3.8, 4) is 0 Å². The minimum atomic E-state index is 0.185. The van der Waals surface area contributed by atoms with Crippen LogP contribution in [0.1, 0.15) is 12.0 Å². The molecule has 1 heterocycles. The highest BCUT2D eigenvalue weighted by Gasteiger charge is 2.15. The third kappa shape index (κ3) is 2.63. The van der Waals surface area contributed by atoms with Gasteiger partial charge < -0.3 is 4.90 Å². The summed E-state index contributed by atoms with van der Waals surface area (Å²) in [6.07, 6.45) is 5.14. The SMILES string of the molecule is CN1C=CN(C(=O)CCc2ccccc2)C1. The monoisotopic (exact) mass is 216 g/mol. The number of aryl methyl sites for hydroxylation is 1. The van der Waals surface area contributed by atoms with E-state index in [9.17, 15) is 4.79 Å². The van der Waals surface area contributed by atoms with Crippen molar-refractivity contribution in [2.45, 2.75) is 12.8 Å². The second-order valence-corrected chi connectivity index (χ2v) is 4.05. The lowest BCUT2D eigenvalue weighted by atomic mass is 10.1. The van der Waals surface area contributed by atoms with E-state index < -0.39 is 0 Å². The van der Waals surface area contributed by atoms with E-state index in [2.05, 4.69) is 12.1 Å². The lowest BCUT2D eigenvalue weighted by molar-refractivity contribution is -0.129. The molecule has 0 aromatic heterocycles. The summed E-state index contributed by atoms with van der Waals surface area (Å²) >= 11 is 0. The molecule has 3 heteroatoms. The molecule has 0 saturated carbocycles. The summed E-state index contributed by atoms with van der Waals surface area (Å²) < 4.78 is 0. The number of carbonyl (C=O) groups is 1. The predicted octanol–water partition coefficient (Wildman–Crippen LogP) is 1.82. The van der Waals surface area contributed by atoms with Crippen LogP contribution in [0.4, 0.5) is 0 Å². The van der Waals surface area contributed by atoms with Crippen LogP contribution in [0.3, 0.4) is 0 Å². The molecule has 1 amide bonds. The molecule has 1 aromatic carbocycles. The average molecular weight is 216 g/mol. The first-order valence-corrected chi connectivity index (χ1v) is 5.47. The van der Waals surface area contributed by atoms with E-state index in [-0.39, 0.29) is 5.91 Å².